The van der Waals surface area contributed by atoms with Crippen molar-refractivity contribution >= 4 is 49.3 Å². The summed E-state index contributed by atoms with van der Waals surface area (Å²) in [5.41, 5.74) is 9.86. The van der Waals surface area contributed by atoms with Crippen LogP contribution in [0, 0.1) is 0 Å². The van der Waals surface area contributed by atoms with Gasteiger partial charge in [-0.15, -0.1) is 0 Å². The zero-order valence-corrected chi connectivity index (χ0v) is 20.9. The second-order valence-corrected chi connectivity index (χ2v) is 11.0. The van der Waals surface area contributed by atoms with Crippen LogP contribution in [0.2, 0.25) is 0 Å². The lowest BCUT2D eigenvalue weighted by molar-refractivity contribution is 0.0664. The first-order valence-electron chi connectivity index (χ1n) is 11.5. The highest BCUT2D eigenvalue weighted by Crippen LogP contribution is 2.37. The van der Waals surface area contributed by atoms with E-state index in [4.69, 9.17) is 5.73 Å². The number of carbonyl (C=O) groups excluding carboxylic acids is 2. The molecule has 0 radical (unpaired) electrons. The molecule has 0 unspecified atom stereocenters. The zero-order valence-electron chi connectivity index (χ0n) is 20.0. The van der Waals surface area contributed by atoms with Crippen molar-refractivity contribution in [1.82, 2.24) is 14.8 Å². The van der Waals surface area contributed by atoms with Crippen LogP contribution < -0.4 is 10.5 Å². The van der Waals surface area contributed by atoms with Crippen LogP contribution in [0.15, 0.2) is 54.6 Å². The number of aromatic amines is 1. The minimum atomic E-state index is -3.44. The Bertz CT molecular complexity index is 1620. The van der Waals surface area contributed by atoms with Crippen LogP contribution >= 0.6 is 0 Å². The van der Waals surface area contributed by atoms with Crippen molar-refractivity contribution in [2.75, 3.05) is 44.2 Å². The summed E-state index contributed by atoms with van der Waals surface area (Å²) in [6, 6.07) is 16.0. The number of nitrogens with two attached hydrogens (primary N) is 1. The van der Waals surface area contributed by atoms with Crippen molar-refractivity contribution in [3.05, 3.63) is 65.7 Å². The number of anilines is 1. The number of nitrogens with zero attached hydrogens (tertiary/aromatic N) is 2. The van der Waals surface area contributed by atoms with Crippen molar-refractivity contribution in [3.8, 4) is 11.1 Å². The molecule has 0 spiro atoms. The minimum Gasteiger partial charge on any atom is -0.366 e. The summed E-state index contributed by atoms with van der Waals surface area (Å²) < 4.78 is 26.0. The second kappa shape index (κ2) is 8.96. The molecule has 5 rings (SSSR count). The molecule has 1 aromatic heterocycles. The van der Waals surface area contributed by atoms with Crippen LogP contribution in [-0.2, 0) is 10.0 Å². The molecule has 4 N–H and O–H groups in total. The number of carbonyl (C=O) groups is 2. The van der Waals surface area contributed by atoms with Gasteiger partial charge in [-0.3, -0.25) is 14.3 Å². The fraction of sp³-hybridized carbons (Fsp3) is 0.231. The largest absolute Gasteiger partial charge is 0.366 e. The Labute approximate surface area is 208 Å². The van der Waals surface area contributed by atoms with Gasteiger partial charge in [0.25, 0.3) is 11.8 Å². The third-order valence-corrected chi connectivity index (χ3v) is 7.14. The molecule has 0 atom stereocenters. The van der Waals surface area contributed by atoms with Crippen LogP contribution in [0.1, 0.15) is 20.7 Å². The van der Waals surface area contributed by atoms with Crippen molar-refractivity contribution < 1.29 is 18.0 Å². The van der Waals surface area contributed by atoms with E-state index < -0.39 is 15.9 Å². The predicted molar refractivity (Wildman–Crippen MR) is 142 cm³/mol. The number of primary amides is 1. The predicted octanol–water partition coefficient (Wildman–Crippen LogP) is 2.85. The van der Waals surface area contributed by atoms with Gasteiger partial charge in [-0.1, -0.05) is 24.3 Å². The third kappa shape index (κ3) is 4.52. The standard InChI is InChI=1S/C26H27N5O4S/c1-30-10-12-31(13-11-30)26(33)17-6-7-20-22(15-17)28-24-21(25(27)32)9-8-19(23(20)24)16-4-3-5-18(14-16)29-36(2,34)35/h3-9,14-15,28-29H,10-13H2,1-2H3,(H2,27,32). The number of piperazine rings is 1. The Kier molecular flexibility index (Phi) is 5.93. The fourth-order valence-corrected chi connectivity index (χ4v) is 5.30. The van der Waals surface area contributed by atoms with E-state index in [1.54, 1.807) is 36.4 Å². The first kappa shape index (κ1) is 23.8. The molecule has 1 aliphatic rings. The number of sulfonamides is 1. The summed E-state index contributed by atoms with van der Waals surface area (Å²) in [4.78, 5) is 32.7. The number of likely N-dealkylation sites (N-methyl/N-ethyl adjacent to an activating group) is 1. The molecule has 0 aliphatic carbocycles. The lowest BCUT2D eigenvalue weighted by Crippen LogP contribution is -2.47. The van der Waals surface area contributed by atoms with E-state index in [0.29, 0.717) is 40.9 Å². The van der Waals surface area contributed by atoms with Crippen molar-refractivity contribution in [2.45, 2.75) is 0 Å². The van der Waals surface area contributed by atoms with Gasteiger partial charge in [-0.25, -0.2) is 8.42 Å². The Hall–Kier alpha value is -3.89. The van der Waals surface area contributed by atoms with E-state index in [-0.39, 0.29) is 5.91 Å². The van der Waals surface area contributed by atoms with Gasteiger partial charge in [0.05, 0.1) is 17.3 Å². The van der Waals surface area contributed by atoms with Crippen molar-refractivity contribution in [1.29, 1.82) is 0 Å². The number of hydrogen-bond acceptors (Lipinski definition) is 5. The Balaban J connectivity index is 1.64. The molecule has 1 aliphatic heterocycles. The van der Waals surface area contributed by atoms with Crippen LogP contribution in [0.3, 0.4) is 0 Å². The van der Waals surface area contributed by atoms with Gasteiger partial charge < -0.3 is 20.5 Å². The van der Waals surface area contributed by atoms with Gasteiger partial charge in [0.15, 0.2) is 0 Å². The van der Waals surface area contributed by atoms with E-state index >= 15 is 0 Å². The Morgan fingerprint density at radius 3 is 2.44 bits per heavy atom. The Morgan fingerprint density at radius 2 is 1.75 bits per heavy atom. The van der Waals surface area contributed by atoms with Crippen LogP contribution in [0.5, 0.6) is 0 Å². The number of nitrogens with one attached hydrogen (secondary N) is 2. The van der Waals surface area contributed by atoms with Gasteiger partial charge >= 0.3 is 0 Å². The van der Waals surface area contributed by atoms with Crippen LogP contribution in [0.4, 0.5) is 5.69 Å². The summed E-state index contributed by atoms with van der Waals surface area (Å²) in [6.45, 7) is 3.01. The Morgan fingerprint density at radius 1 is 1.00 bits per heavy atom. The van der Waals surface area contributed by atoms with E-state index in [1.165, 1.54) is 0 Å². The molecule has 186 valence electrons. The second-order valence-electron chi connectivity index (χ2n) is 9.21. The quantitative estimate of drug-likeness (QED) is 0.384. The molecule has 1 fully saturated rings. The van der Waals surface area contributed by atoms with Gasteiger partial charge in [0.1, 0.15) is 0 Å². The summed E-state index contributed by atoms with van der Waals surface area (Å²) >= 11 is 0. The molecule has 9 nitrogen and oxygen atoms in total. The van der Waals surface area contributed by atoms with Crippen molar-refractivity contribution in [2.24, 2.45) is 5.73 Å². The molecule has 10 heteroatoms. The van der Waals surface area contributed by atoms with Gasteiger partial charge in [0.2, 0.25) is 10.0 Å². The zero-order chi connectivity index (χ0) is 25.6. The minimum absolute atomic E-state index is 0.0291. The normalized spacial score (nSPS) is 14.9. The van der Waals surface area contributed by atoms with Gasteiger partial charge in [0, 0.05) is 53.7 Å². The smallest absolute Gasteiger partial charge is 0.254 e. The average Bonchev–Trinajstić information content (AvgIpc) is 3.21. The topological polar surface area (TPSA) is 129 Å². The monoisotopic (exact) mass is 505 g/mol. The number of benzene rings is 3. The average molecular weight is 506 g/mol. The number of amides is 2. The highest BCUT2D eigenvalue weighted by molar-refractivity contribution is 7.92. The van der Waals surface area contributed by atoms with E-state index in [1.807, 2.05) is 30.1 Å². The number of H-pyrrole nitrogens is 1. The molecule has 3 aromatic carbocycles. The molecule has 0 bridgehead atoms. The van der Waals surface area contributed by atoms with Crippen LogP contribution in [0.25, 0.3) is 32.9 Å². The molecular weight excluding hydrogens is 478 g/mol. The first-order chi connectivity index (χ1) is 17.1. The lowest BCUT2D eigenvalue weighted by atomic mass is 9.96. The van der Waals surface area contributed by atoms with E-state index in [2.05, 4.69) is 14.6 Å². The van der Waals surface area contributed by atoms with E-state index in [9.17, 15) is 18.0 Å². The maximum absolute atomic E-state index is 13.1. The number of rotatable bonds is 5. The third-order valence-electron chi connectivity index (χ3n) is 6.53. The highest BCUT2D eigenvalue weighted by Gasteiger charge is 2.22. The van der Waals surface area contributed by atoms with Gasteiger partial charge in [-0.2, -0.15) is 0 Å². The molecule has 1 saturated heterocycles. The maximum Gasteiger partial charge on any atom is 0.254 e. The van der Waals surface area contributed by atoms with Gasteiger partial charge in [-0.05, 0) is 48.5 Å². The lowest BCUT2D eigenvalue weighted by Gasteiger charge is -2.32. The molecule has 0 saturated carbocycles. The molecule has 36 heavy (non-hydrogen) atoms. The number of aromatic nitrogens is 1. The summed E-state index contributed by atoms with van der Waals surface area (Å²) in [5.74, 6) is -0.599. The molecule has 2 amide bonds. The molecule has 4 aromatic rings. The molecule has 2 heterocycles. The number of fused-ring (bicyclic) bond motifs is 3. The number of hydrogen-bond donors (Lipinski definition) is 3. The summed E-state index contributed by atoms with van der Waals surface area (Å²) in [6.07, 6.45) is 1.10. The van der Waals surface area contributed by atoms with Crippen molar-refractivity contribution in [3.63, 3.8) is 0 Å². The van der Waals surface area contributed by atoms with E-state index in [0.717, 1.165) is 41.2 Å². The maximum atomic E-state index is 13.1. The van der Waals surface area contributed by atoms with Crippen LogP contribution in [-0.4, -0.2) is 74.5 Å². The first-order valence-corrected chi connectivity index (χ1v) is 13.4. The summed E-state index contributed by atoms with van der Waals surface area (Å²) in [7, 11) is -1.40. The molecular formula is C26H27N5O4S. The SMILES string of the molecule is CN1CCN(C(=O)c2ccc3c(c2)[nH]c2c(C(N)=O)ccc(-c4cccc(NS(C)(=O)=O)c4)c23)CC1. The fourth-order valence-electron chi connectivity index (χ4n) is 4.75. The summed E-state index contributed by atoms with van der Waals surface area (Å²) in [5, 5.41) is 1.61. The highest BCUT2D eigenvalue weighted by atomic mass is 32.2.